The van der Waals surface area contributed by atoms with E-state index in [0.717, 1.165) is 10.9 Å². The molecule has 1 aromatic carbocycles. The zero-order valence-corrected chi connectivity index (χ0v) is 17.0. The average Bonchev–Trinajstić information content (AvgIpc) is 2.89. The van der Waals surface area contributed by atoms with Gasteiger partial charge in [-0.1, -0.05) is 46.4 Å². The number of hydrogen-bond donors (Lipinski definition) is 0. The minimum Gasteiger partial charge on any atom is -0.323 e. The third kappa shape index (κ3) is 3.90. The van der Waals surface area contributed by atoms with Crippen LogP contribution in [0.25, 0.3) is 0 Å². The maximum atomic E-state index is 12.9. The summed E-state index contributed by atoms with van der Waals surface area (Å²) in [5, 5.41) is 2.95. The lowest BCUT2D eigenvalue weighted by atomic mass is 10.4. The molecule has 0 saturated carbocycles. The average molecular weight is 445 g/mol. The highest BCUT2D eigenvalue weighted by Gasteiger charge is 2.31. The fourth-order valence-corrected chi connectivity index (χ4v) is 5.33. The minimum absolute atomic E-state index is 0.168. The Balaban J connectivity index is 2.58. The molecule has 0 aliphatic rings. The van der Waals surface area contributed by atoms with E-state index in [9.17, 15) is 13.2 Å². The van der Waals surface area contributed by atoms with Gasteiger partial charge in [-0.25, -0.2) is 13.2 Å². The number of aromatic nitrogens is 2. The van der Waals surface area contributed by atoms with Crippen LogP contribution in [0.5, 0.6) is 0 Å². The van der Waals surface area contributed by atoms with Crippen LogP contribution in [0.3, 0.4) is 0 Å². The van der Waals surface area contributed by atoms with Gasteiger partial charge in [-0.05, 0) is 26.0 Å². The van der Waals surface area contributed by atoms with E-state index in [2.05, 4.69) is 5.10 Å². The Kier molecular flexibility index (Phi) is 6.27. The van der Waals surface area contributed by atoms with Gasteiger partial charge in [-0.3, -0.25) is 0 Å². The quantitative estimate of drug-likeness (QED) is 0.688. The number of nitrogens with zero attached hydrogens (tertiary/aromatic N) is 3. The highest BCUT2D eigenvalue weighted by atomic mass is 35.5. The summed E-state index contributed by atoms with van der Waals surface area (Å²) in [4.78, 5) is 13.4. The highest BCUT2D eigenvalue weighted by molar-refractivity contribution is 7.91. The second kappa shape index (κ2) is 7.72. The molecule has 136 valence electrons. The molecule has 0 spiro atoms. The SMILES string of the molecule is CCN(CC)C(=O)n1cc(Cl)c(S(=O)(=O)c2c(Cl)cc(Cl)cc2Cl)n1. The van der Waals surface area contributed by atoms with Gasteiger partial charge >= 0.3 is 6.03 Å². The summed E-state index contributed by atoms with van der Waals surface area (Å²) in [5.74, 6) is 0. The normalized spacial score (nSPS) is 11.6. The molecule has 0 saturated heterocycles. The Morgan fingerprint density at radius 3 is 2.08 bits per heavy atom. The molecule has 0 N–H and O–H groups in total. The van der Waals surface area contributed by atoms with Crippen LogP contribution < -0.4 is 0 Å². The van der Waals surface area contributed by atoms with E-state index in [-0.39, 0.29) is 25.0 Å². The summed E-state index contributed by atoms with van der Waals surface area (Å²) in [6, 6.07) is 1.99. The van der Waals surface area contributed by atoms with Gasteiger partial charge < -0.3 is 4.90 Å². The number of rotatable bonds is 4. The Bertz CT molecular complexity index is 900. The molecular formula is C14H13Cl4N3O3S. The molecule has 0 fully saturated rings. The van der Waals surface area contributed by atoms with Crippen LogP contribution in [0.2, 0.25) is 20.1 Å². The van der Waals surface area contributed by atoms with Crippen molar-refractivity contribution in [1.82, 2.24) is 14.7 Å². The first-order valence-corrected chi connectivity index (χ1v) is 10.1. The van der Waals surface area contributed by atoms with Gasteiger partial charge in [-0.2, -0.15) is 9.78 Å². The molecular weight excluding hydrogens is 432 g/mol. The molecule has 0 aliphatic heterocycles. The van der Waals surface area contributed by atoms with Gasteiger partial charge in [0.05, 0.1) is 21.3 Å². The first-order valence-electron chi connectivity index (χ1n) is 7.07. The molecule has 0 aliphatic carbocycles. The van der Waals surface area contributed by atoms with E-state index in [1.54, 1.807) is 13.8 Å². The molecule has 0 unspecified atom stereocenters. The van der Waals surface area contributed by atoms with Gasteiger partial charge in [0, 0.05) is 18.1 Å². The summed E-state index contributed by atoms with van der Waals surface area (Å²) < 4.78 is 26.6. The van der Waals surface area contributed by atoms with E-state index in [1.165, 1.54) is 17.0 Å². The topological polar surface area (TPSA) is 72.3 Å². The zero-order chi connectivity index (χ0) is 18.9. The van der Waals surface area contributed by atoms with Crippen LogP contribution in [0.1, 0.15) is 13.8 Å². The molecule has 11 heteroatoms. The van der Waals surface area contributed by atoms with Crippen LogP contribution in [0, 0.1) is 0 Å². The fraction of sp³-hybridized carbons (Fsp3) is 0.286. The van der Waals surface area contributed by atoms with Crippen LogP contribution >= 0.6 is 46.4 Å². The van der Waals surface area contributed by atoms with Gasteiger partial charge in [0.2, 0.25) is 14.9 Å². The lowest BCUT2D eigenvalue weighted by Crippen LogP contribution is -2.34. The second-order valence-electron chi connectivity index (χ2n) is 4.88. The molecule has 0 atom stereocenters. The van der Waals surface area contributed by atoms with Crippen molar-refractivity contribution in [2.24, 2.45) is 0 Å². The molecule has 25 heavy (non-hydrogen) atoms. The first-order chi connectivity index (χ1) is 11.6. The summed E-state index contributed by atoms with van der Waals surface area (Å²) in [6.07, 6.45) is 1.13. The van der Waals surface area contributed by atoms with Gasteiger partial charge in [0.15, 0.2) is 0 Å². The Morgan fingerprint density at radius 1 is 1.08 bits per heavy atom. The number of amides is 1. The van der Waals surface area contributed by atoms with E-state index in [0.29, 0.717) is 13.1 Å². The standard InChI is InChI=1S/C14H13Cl4N3O3S/c1-3-20(4-2)14(22)21-7-11(18)13(19-21)25(23,24)12-9(16)5-8(15)6-10(12)17/h5-7H,3-4H2,1-2H3. The van der Waals surface area contributed by atoms with Crippen molar-refractivity contribution in [2.75, 3.05) is 13.1 Å². The third-order valence-electron chi connectivity index (χ3n) is 3.35. The largest absolute Gasteiger partial charge is 0.344 e. The summed E-state index contributed by atoms with van der Waals surface area (Å²) >= 11 is 23.8. The molecule has 0 radical (unpaired) electrons. The number of benzene rings is 1. The van der Waals surface area contributed by atoms with Crippen molar-refractivity contribution < 1.29 is 13.2 Å². The number of carbonyl (C=O) groups is 1. The Hall–Kier alpha value is -0.990. The molecule has 0 bridgehead atoms. The smallest absolute Gasteiger partial charge is 0.323 e. The van der Waals surface area contributed by atoms with Crippen molar-refractivity contribution >= 4 is 62.3 Å². The van der Waals surface area contributed by atoms with E-state index in [4.69, 9.17) is 46.4 Å². The lowest BCUT2D eigenvalue weighted by Gasteiger charge is -2.17. The van der Waals surface area contributed by atoms with Crippen molar-refractivity contribution in [2.45, 2.75) is 23.8 Å². The second-order valence-corrected chi connectivity index (χ2v) is 8.34. The van der Waals surface area contributed by atoms with E-state index in [1.807, 2.05) is 0 Å². The Morgan fingerprint density at radius 2 is 1.60 bits per heavy atom. The predicted octanol–water partition coefficient (Wildman–Crippen LogP) is 4.64. The van der Waals surface area contributed by atoms with Crippen LogP contribution in [-0.4, -0.2) is 42.2 Å². The van der Waals surface area contributed by atoms with Crippen LogP contribution in [0.4, 0.5) is 4.79 Å². The van der Waals surface area contributed by atoms with Crippen molar-refractivity contribution in [3.05, 3.63) is 38.4 Å². The maximum absolute atomic E-state index is 12.9. The predicted molar refractivity (Wildman–Crippen MR) is 97.9 cm³/mol. The van der Waals surface area contributed by atoms with E-state index >= 15 is 0 Å². The number of hydrogen-bond acceptors (Lipinski definition) is 4. The molecule has 2 rings (SSSR count). The highest BCUT2D eigenvalue weighted by Crippen LogP contribution is 2.37. The Labute approximate surface area is 165 Å². The van der Waals surface area contributed by atoms with Crippen molar-refractivity contribution in [3.63, 3.8) is 0 Å². The minimum atomic E-state index is -4.26. The van der Waals surface area contributed by atoms with Crippen LogP contribution in [-0.2, 0) is 9.84 Å². The molecule has 1 aromatic heterocycles. The number of sulfone groups is 1. The van der Waals surface area contributed by atoms with Gasteiger partial charge in [0.25, 0.3) is 0 Å². The maximum Gasteiger partial charge on any atom is 0.344 e. The van der Waals surface area contributed by atoms with Crippen LogP contribution in [0.15, 0.2) is 28.3 Å². The van der Waals surface area contributed by atoms with E-state index < -0.39 is 20.9 Å². The fourth-order valence-electron chi connectivity index (χ4n) is 2.14. The molecule has 6 nitrogen and oxygen atoms in total. The summed E-state index contributed by atoms with van der Waals surface area (Å²) in [5.41, 5.74) is 0. The summed E-state index contributed by atoms with van der Waals surface area (Å²) in [7, 11) is -4.26. The lowest BCUT2D eigenvalue weighted by molar-refractivity contribution is 0.201. The van der Waals surface area contributed by atoms with Crippen molar-refractivity contribution in [3.8, 4) is 0 Å². The van der Waals surface area contributed by atoms with Crippen molar-refractivity contribution in [1.29, 1.82) is 0 Å². The number of halogens is 4. The molecule has 2 aromatic rings. The third-order valence-corrected chi connectivity index (χ3v) is 6.57. The monoisotopic (exact) mass is 443 g/mol. The number of carbonyl (C=O) groups excluding carboxylic acids is 1. The summed E-state index contributed by atoms with van der Waals surface area (Å²) in [6.45, 7) is 4.45. The van der Waals surface area contributed by atoms with Gasteiger partial charge in [0.1, 0.15) is 4.90 Å². The molecule has 1 heterocycles. The van der Waals surface area contributed by atoms with Gasteiger partial charge in [-0.15, -0.1) is 0 Å². The first kappa shape index (κ1) is 20.3. The molecule has 1 amide bonds. The zero-order valence-electron chi connectivity index (χ0n) is 13.1.